The zero-order valence-electron chi connectivity index (χ0n) is 11.9. The fourth-order valence-electron chi connectivity index (χ4n) is 2.32. The summed E-state index contributed by atoms with van der Waals surface area (Å²) in [7, 11) is 0. The highest BCUT2D eigenvalue weighted by Crippen LogP contribution is 2.17. The summed E-state index contributed by atoms with van der Waals surface area (Å²) < 4.78 is 13.4. The van der Waals surface area contributed by atoms with Gasteiger partial charge in [0.1, 0.15) is 5.82 Å². The summed E-state index contributed by atoms with van der Waals surface area (Å²) in [5.74, 6) is -1.61. The quantitative estimate of drug-likeness (QED) is 0.808. The number of carbonyl (C=O) groups is 2. The molecule has 1 saturated heterocycles. The third-order valence-corrected chi connectivity index (χ3v) is 3.78. The lowest BCUT2D eigenvalue weighted by Crippen LogP contribution is -2.44. The van der Waals surface area contributed by atoms with Gasteiger partial charge in [-0.05, 0) is 43.4 Å². The Morgan fingerprint density at radius 3 is 2.62 bits per heavy atom. The molecule has 0 spiro atoms. The molecule has 1 heterocycles. The molecule has 1 aromatic carbocycles. The van der Waals surface area contributed by atoms with Gasteiger partial charge < -0.3 is 15.3 Å². The predicted octanol–water partition coefficient (Wildman–Crippen LogP) is 1.30. The summed E-state index contributed by atoms with van der Waals surface area (Å²) in [6.45, 7) is 2.65. The van der Waals surface area contributed by atoms with Gasteiger partial charge in [-0.2, -0.15) is 0 Å². The van der Waals surface area contributed by atoms with Gasteiger partial charge in [-0.25, -0.2) is 4.39 Å². The molecule has 0 unspecified atom stereocenters. The number of hydrogen-bond acceptors (Lipinski definition) is 3. The Bertz CT molecular complexity index is 540. The van der Waals surface area contributed by atoms with Crippen molar-refractivity contribution < 1.29 is 19.1 Å². The first kappa shape index (κ1) is 15.4. The summed E-state index contributed by atoms with van der Waals surface area (Å²) in [5.41, 5.74) is 0.743. The number of aryl methyl sites for hydroxylation is 1. The van der Waals surface area contributed by atoms with Gasteiger partial charge in [-0.15, -0.1) is 0 Å². The molecule has 114 valence electrons. The van der Waals surface area contributed by atoms with Crippen molar-refractivity contribution >= 4 is 17.5 Å². The number of benzene rings is 1. The molecule has 21 heavy (non-hydrogen) atoms. The van der Waals surface area contributed by atoms with E-state index in [2.05, 4.69) is 5.32 Å². The van der Waals surface area contributed by atoms with Gasteiger partial charge in [0.2, 0.25) is 0 Å². The van der Waals surface area contributed by atoms with Crippen LogP contribution in [-0.4, -0.2) is 41.5 Å². The van der Waals surface area contributed by atoms with Crippen LogP contribution in [0.25, 0.3) is 0 Å². The van der Waals surface area contributed by atoms with Crippen molar-refractivity contribution in [3.05, 3.63) is 29.6 Å². The van der Waals surface area contributed by atoms with Gasteiger partial charge in [-0.1, -0.05) is 6.07 Å². The Hall–Kier alpha value is -1.95. The number of anilines is 1. The number of carbonyl (C=O) groups excluding carboxylic acids is 2. The van der Waals surface area contributed by atoms with Crippen LogP contribution >= 0.6 is 0 Å². The number of likely N-dealkylation sites (tertiary alicyclic amines) is 1. The van der Waals surface area contributed by atoms with Gasteiger partial charge >= 0.3 is 11.8 Å². The molecule has 0 saturated carbocycles. The molecule has 2 N–H and O–H groups in total. The summed E-state index contributed by atoms with van der Waals surface area (Å²) in [6.07, 6.45) is 1.38. The minimum absolute atomic E-state index is 0.108. The topological polar surface area (TPSA) is 69.6 Å². The Balaban J connectivity index is 1.93. The average molecular weight is 294 g/mol. The molecule has 1 aliphatic rings. The molecule has 0 aliphatic carbocycles. The minimum atomic E-state index is -0.763. The first-order valence-electron chi connectivity index (χ1n) is 6.98. The highest BCUT2D eigenvalue weighted by Gasteiger charge is 2.26. The summed E-state index contributed by atoms with van der Waals surface area (Å²) in [5, 5.41) is 11.5. The molecule has 1 fully saturated rings. The largest absolute Gasteiger partial charge is 0.396 e. The van der Waals surface area contributed by atoms with E-state index in [0.29, 0.717) is 31.5 Å². The van der Waals surface area contributed by atoms with Crippen LogP contribution in [0, 0.1) is 18.7 Å². The van der Waals surface area contributed by atoms with Crippen LogP contribution in [0.3, 0.4) is 0 Å². The third kappa shape index (κ3) is 3.78. The van der Waals surface area contributed by atoms with Crippen LogP contribution in [0.4, 0.5) is 10.1 Å². The fourth-order valence-corrected chi connectivity index (χ4v) is 2.32. The van der Waals surface area contributed by atoms with E-state index < -0.39 is 17.6 Å². The van der Waals surface area contributed by atoms with Gasteiger partial charge in [0, 0.05) is 25.4 Å². The summed E-state index contributed by atoms with van der Waals surface area (Å²) in [6, 6.07) is 4.29. The molecule has 5 nitrogen and oxygen atoms in total. The maximum Gasteiger partial charge on any atom is 0.313 e. The van der Waals surface area contributed by atoms with E-state index in [1.54, 1.807) is 19.1 Å². The number of hydrogen-bond donors (Lipinski definition) is 2. The average Bonchev–Trinajstić information content (AvgIpc) is 2.50. The Labute approximate surface area is 122 Å². The lowest BCUT2D eigenvalue weighted by Gasteiger charge is -2.30. The zero-order chi connectivity index (χ0) is 15.4. The molecule has 0 radical (unpaired) electrons. The monoisotopic (exact) mass is 294 g/mol. The molecule has 0 bridgehead atoms. The van der Waals surface area contributed by atoms with E-state index in [4.69, 9.17) is 5.11 Å². The summed E-state index contributed by atoms with van der Waals surface area (Å²) in [4.78, 5) is 25.4. The van der Waals surface area contributed by atoms with E-state index in [1.165, 1.54) is 11.0 Å². The second-order valence-electron chi connectivity index (χ2n) is 5.34. The first-order chi connectivity index (χ1) is 10.0. The third-order valence-electron chi connectivity index (χ3n) is 3.78. The molecular weight excluding hydrogens is 275 g/mol. The zero-order valence-corrected chi connectivity index (χ0v) is 11.9. The first-order valence-corrected chi connectivity index (χ1v) is 6.98. The number of nitrogens with zero attached hydrogens (tertiary/aromatic N) is 1. The van der Waals surface area contributed by atoms with Crippen molar-refractivity contribution in [3.63, 3.8) is 0 Å². The van der Waals surface area contributed by atoms with E-state index in [0.717, 1.165) is 0 Å². The highest BCUT2D eigenvalue weighted by atomic mass is 19.1. The molecule has 6 heteroatoms. The normalized spacial score (nSPS) is 15.9. The van der Waals surface area contributed by atoms with Crippen molar-refractivity contribution in [3.8, 4) is 0 Å². The van der Waals surface area contributed by atoms with Crippen molar-refractivity contribution in [1.29, 1.82) is 0 Å². The molecular formula is C15H19FN2O3. The molecule has 1 aromatic rings. The van der Waals surface area contributed by atoms with Crippen LogP contribution in [0.15, 0.2) is 18.2 Å². The summed E-state index contributed by atoms with van der Waals surface area (Å²) >= 11 is 0. The van der Waals surface area contributed by atoms with Crippen LogP contribution in [0.2, 0.25) is 0 Å². The van der Waals surface area contributed by atoms with Gasteiger partial charge in [0.15, 0.2) is 0 Å². The second kappa shape index (κ2) is 6.67. The molecule has 0 aromatic heterocycles. The Morgan fingerprint density at radius 1 is 1.38 bits per heavy atom. The van der Waals surface area contributed by atoms with Crippen LogP contribution in [0.1, 0.15) is 18.4 Å². The number of rotatable bonds is 2. The van der Waals surface area contributed by atoms with E-state index in [-0.39, 0.29) is 18.2 Å². The van der Waals surface area contributed by atoms with Crippen molar-refractivity contribution in [2.45, 2.75) is 19.8 Å². The smallest absolute Gasteiger partial charge is 0.313 e. The van der Waals surface area contributed by atoms with Crippen LogP contribution in [-0.2, 0) is 9.59 Å². The lowest BCUT2D eigenvalue weighted by atomic mass is 9.98. The number of nitrogens with one attached hydrogen (secondary N) is 1. The fraction of sp³-hybridized carbons (Fsp3) is 0.467. The van der Waals surface area contributed by atoms with Crippen molar-refractivity contribution in [2.24, 2.45) is 5.92 Å². The number of halogens is 1. The number of aliphatic hydroxyl groups is 1. The standard InChI is InChI=1S/C15H19FN2O3/c1-10-2-3-12(8-13(10)16)17-14(20)15(21)18-6-4-11(9-19)5-7-18/h2-3,8,11,19H,4-7,9H2,1H3,(H,17,20). The minimum Gasteiger partial charge on any atom is -0.396 e. The van der Waals surface area contributed by atoms with Gasteiger partial charge in [-0.3, -0.25) is 9.59 Å². The number of amides is 2. The van der Waals surface area contributed by atoms with E-state index in [1.807, 2.05) is 0 Å². The number of piperidine rings is 1. The van der Waals surface area contributed by atoms with Crippen LogP contribution < -0.4 is 5.32 Å². The lowest BCUT2D eigenvalue weighted by molar-refractivity contribution is -0.144. The maximum absolute atomic E-state index is 13.4. The van der Waals surface area contributed by atoms with Crippen molar-refractivity contribution in [1.82, 2.24) is 4.90 Å². The molecule has 2 amide bonds. The van der Waals surface area contributed by atoms with E-state index in [9.17, 15) is 14.0 Å². The Morgan fingerprint density at radius 2 is 2.05 bits per heavy atom. The van der Waals surface area contributed by atoms with Crippen molar-refractivity contribution in [2.75, 3.05) is 25.0 Å². The highest BCUT2D eigenvalue weighted by molar-refractivity contribution is 6.39. The number of aliphatic hydroxyl groups excluding tert-OH is 1. The predicted molar refractivity (Wildman–Crippen MR) is 76.2 cm³/mol. The van der Waals surface area contributed by atoms with Gasteiger partial charge in [0.05, 0.1) is 0 Å². The molecule has 2 rings (SSSR count). The maximum atomic E-state index is 13.4. The Kier molecular flexibility index (Phi) is 4.90. The second-order valence-corrected chi connectivity index (χ2v) is 5.34. The molecule has 1 aliphatic heterocycles. The van der Waals surface area contributed by atoms with Crippen LogP contribution in [0.5, 0.6) is 0 Å². The SMILES string of the molecule is Cc1ccc(NC(=O)C(=O)N2CCC(CO)CC2)cc1F. The van der Waals surface area contributed by atoms with E-state index >= 15 is 0 Å². The van der Waals surface area contributed by atoms with Gasteiger partial charge in [0.25, 0.3) is 0 Å². The molecule has 0 atom stereocenters.